The van der Waals surface area contributed by atoms with Crippen molar-refractivity contribution in [2.45, 2.75) is 56.2 Å². The summed E-state index contributed by atoms with van der Waals surface area (Å²) in [5.74, 6) is -2.82. The van der Waals surface area contributed by atoms with E-state index in [-0.39, 0.29) is 65.2 Å². The molecule has 4 rings (SSSR count). The lowest BCUT2D eigenvalue weighted by atomic mass is 9.79. The lowest BCUT2D eigenvalue weighted by Crippen LogP contribution is -2.63. The van der Waals surface area contributed by atoms with E-state index in [4.69, 9.17) is 11.5 Å². The zero-order chi connectivity index (χ0) is 27.2. The third-order valence-corrected chi connectivity index (χ3v) is 9.16. The van der Waals surface area contributed by atoms with Crippen LogP contribution in [0.3, 0.4) is 0 Å². The van der Waals surface area contributed by atoms with Crippen LogP contribution in [-0.2, 0) is 19.2 Å². The van der Waals surface area contributed by atoms with Gasteiger partial charge < -0.3 is 36.8 Å². The number of aliphatic imine (C=N–C) groups is 1. The Morgan fingerprint density at radius 2 is 1.97 bits per heavy atom. The van der Waals surface area contributed by atoms with Gasteiger partial charge in [-0.3, -0.25) is 19.3 Å². The van der Waals surface area contributed by atoms with E-state index in [1.54, 1.807) is 11.8 Å². The van der Waals surface area contributed by atoms with Gasteiger partial charge in [-0.25, -0.2) is 9.79 Å². The molecule has 7 N–H and O–H groups in total. The lowest BCUT2D eigenvalue weighted by Gasteiger charge is -2.46. The Morgan fingerprint density at radius 1 is 1.27 bits per heavy atom. The molecule has 7 atom stereocenters. The van der Waals surface area contributed by atoms with Crippen LogP contribution in [0, 0.1) is 11.8 Å². The molecule has 0 aromatic heterocycles. The van der Waals surface area contributed by atoms with Crippen LogP contribution < -0.4 is 16.8 Å². The lowest BCUT2D eigenvalue weighted by molar-refractivity contribution is -0.163. The Kier molecular flexibility index (Phi) is 7.72. The van der Waals surface area contributed by atoms with Crippen molar-refractivity contribution in [1.82, 2.24) is 20.0 Å². The number of likely N-dealkylation sites (N-methyl/N-ethyl adjacent to an activating group) is 1. The number of carboxylic acid groups (broad SMARTS) is 1. The SMILES string of the molecule is C[C@H]1C(S[C@H]2C[C@@H](C(=O)N3CC[C@H](NC(=O)CN=C(N)N)C3)N(C)C2)=C(C(=O)O)N2C(=O)[C@H]([C@@H](C)O)C12. The second-order valence-electron chi connectivity index (χ2n) is 10.3. The molecule has 14 heteroatoms. The highest BCUT2D eigenvalue weighted by Crippen LogP contribution is 2.52. The summed E-state index contributed by atoms with van der Waals surface area (Å²) in [4.78, 5) is 59.4. The van der Waals surface area contributed by atoms with E-state index in [0.717, 1.165) is 0 Å². The maximum atomic E-state index is 13.3. The third-order valence-electron chi connectivity index (χ3n) is 7.67. The zero-order valence-electron chi connectivity index (χ0n) is 21.2. The fourth-order valence-electron chi connectivity index (χ4n) is 5.91. The summed E-state index contributed by atoms with van der Waals surface area (Å²) < 4.78 is 0. The van der Waals surface area contributed by atoms with Gasteiger partial charge in [0.05, 0.1) is 24.1 Å². The molecule has 204 valence electrons. The Morgan fingerprint density at radius 3 is 2.59 bits per heavy atom. The fraction of sp³-hybridized carbons (Fsp3) is 0.696. The van der Waals surface area contributed by atoms with Crippen molar-refractivity contribution < 1.29 is 29.4 Å². The number of hydrogen-bond acceptors (Lipinski definition) is 8. The van der Waals surface area contributed by atoms with Crippen LogP contribution in [0.2, 0.25) is 0 Å². The average Bonchev–Trinajstić information content (AvgIpc) is 3.48. The molecule has 4 heterocycles. The summed E-state index contributed by atoms with van der Waals surface area (Å²) in [6.07, 6.45) is 0.325. The number of carbonyl (C=O) groups excluding carboxylic acids is 3. The molecule has 37 heavy (non-hydrogen) atoms. The molecule has 0 saturated carbocycles. The van der Waals surface area contributed by atoms with E-state index >= 15 is 0 Å². The molecule has 3 fully saturated rings. The summed E-state index contributed by atoms with van der Waals surface area (Å²) in [5, 5.41) is 22.7. The molecule has 0 aliphatic carbocycles. The quantitative estimate of drug-likeness (QED) is 0.130. The van der Waals surface area contributed by atoms with Gasteiger partial charge in [0.25, 0.3) is 0 Å². The highest BCUT2D eigenvalue weighted by Gasteiger charge is 2.60. The molecule has 0 aromatic carbocycles. The minimum Gasteiger partial charge on any atom is -0.477 e. The smallest absolute Gasteiger partial charge is 0.353 e. The summed E-state index contributed by atoms with van der Waals surface area (Å²) in [5.41, 5.74) is 10.5. The van der Waals surface area contributed by atoms with Crippen LogP contribution in [-0.4, -0.2) is 117 Å². The van der Waals surface area contributed by atoms with Gasteiger partial charge in [0.2, 0.25) is 17.7 Å². The van der Waals surface area contributed by atoms with Crippen molar-refractivity contribution in [2.75, 3.05) is 33.2 Å². The van der Waals surface area contributed by atoms with Gasteiger partial charge in [0.15, 0.2) is 5.96 Å². The maximum Gasteiger partial charge on any atom is 0.353 e. The highest BCUT2D eigenvalue weighted by atomic mass is 32.2. The van der Waals surface area contributed by atoms with E-state index in [2.05, 4.69) is 10.3 Å². The molecular formula is C23H35N7O6S. The van der Waals surface area contributed by atoms with Crippen molar-refractivity contribution in [1.29, 1.82) is 0 Å². The van der Waals surface area contributed by atoms with Crippen LogP contribution in [0.4, 0.5) is 0 Å². The predicted molar refractivity (Wildman–Crippen MR) is 136 cm³/mol. The second-order valence-corrected chi connectivity index (χ2v) is 11.6. The molecule has 4 aliphatic heterocycles. The molecule has 1 unspecified atom stereocenters. The molecule has 0 aromatic rings. The number of carboxylic acids is 1. The van der Waals surface area contributed by atoms with Crippen molar-refractivity contribution in [3.63, 3.8) is 0 Å². The van der Waals surface area contributed by atoms with Crippen molar-refractivity contribution >= 4 is 41.4 Å². The van der Waals surface area contributed by atoms with Gasteiger partial charge in [0.1, 0.15) is 12.2 Å². The average molecular weight is 538 g/mol. The fourth-order valence-corrected chi connectivity index (χ4v) is 7.51. The van der Waals surface area contributed by atoms with Crippen LogP contribution >= 0.6 is 11.8 Å². The number of likely N-dealkylation sites (tertiary alicyclic amines) is 2. The number of nitrogens with zero attached hydrogens (tertiary/aromatic N) is 4. The number of β-lactam (4-membered cyclic amide) rings is 1. The second kappa shape index (κ2) is 10.5. The molecule has 4 aliphatic rings. The molecule has 0 spiro atoms. The van der Waals surface area contributed by atoms with Crippen LogP contribution in [0.5, 0.6) is 0 Å². The first-order valence-electron chi connectivity index (χ1n) is 12.4. The van der Waals surface area contributed by atoms with Gasteiger partial charge in [-0.1, -0.05) is 6.92 Å². The maximum absolute atomic E-state index is 13.3. The number of hydrogen-bond donors (Lipinski definition) is 5. The third kappa shape index (κ3) is 5.14. The zero-order valence-corrected chi connectivity index (χ0v) is 22.0. The van der Waals surface area contributed by atoms with Crippen LogP contribution in [0.25, 0.3) is 0 Å². The van der Waals surface area contributed by atoms with E-state index in [1.165, 1.54) is 16.7 Å². The van der Waals surface area contributed by atoms with Gasteiger partial charge >= 0.3 is 5.97 Å². The Bertz CT molecular complexity index is 1040. The number of thioether (sulfide) groups is 1. The Labute approximate surface area is 219 Å². The largest absolute Gasteiger partial charge is 0.477 e. The van der Waals surface area contributed by atoms with E-state index in [9.17, 15) is 29.4 Å². The minimum absolute atomic E-state index is 0.000632. The monoisotopic (exact) mass is 537 g/mol. The number of aliphatic hydroxyl groups excluding tert-OH is 1. The van der Waals surface area contributed by atoms with Gasteiger partial charge in [-0.2, -0.15) is 0 Å². The molecule has 0 radical (unpaired) electrons. The van der Waals surface area contributed by atoms with Crippen LogP contribution in [0.15, 0.2) is 15.6 Å². The summed E-state index contributed by atoms with van der Waals surface area (Å²) in [6.45, 7) is 4.81. The van der Waals surface area contributed by atoms with E-state index < -0.39 is 18.0 Å². The first-order chi connectivity index (χ1) is 17.4. The number of aliphatic carboxylic acids is 1. The first-order valence-corrected chi connectivity index (χ1v) is 13.3. The van der Waals surface area contributed by atoms with Crippen molar-refractivity contribution in [3.05, 3.63) is 10.6 Å². The summed E-state index contributed by atoms with van der Waals surface area (Å²) in [7, 11) is 1.87. The summed E-state index contributed by atoms with van der Waals surface area (Å²) in [6, 6.07) is -0.890. The number of rotatable bonds is 8. The first kappa shape index (κ1) is 27.2. The Hall–Kier alpha value is -2.84. The minimum atomic E-state index is -1.15. The summed E-state index contributed by atoms with van der Waals surface area (Å²) >= 11 is 1.43. The number of nitrogens with one attached hydrogen (secondary N) is 1. The standard InChI is InChI=1S/C23H35N7O6S/c1-10-17-16(11(2)31)21(34)30(17)18(22(35)36)19(10)37-13-6-14(28(3)9-13)20(33)29-5-4-12(8-29)27-15(32)7-26-23(24)25/h10-14,16-17,31H,4-9H2,1-3H3,(H,27,32)(H,35,36)(H4,24,25,26)/t10-,11-,12+,13+,14+,16-,17?/m1/s1. The van der Waals surface area contributed by atoms with E-state index in [1.807, 2.05) is 18.9 Å². The number of amides is 3. The number of guanidine groups is 1. The van der Waals surface area contributed by atoms with Gasteiger partial charge in [0, 0.05) is 41.7 Å². The molecule has 13 nitrogen and oxygen atoms in total. The molecular weight excluding hydrogens is 502 g/mol. The topological polar surface area (TPSA) is 195 Å². The van der Waals surface area contributed by atoms with Gasteiger partial charge in [-0.05, 0) is 26.8 Å². The number of carbonyl (C=O) groups is 4. The number of fused-ring (bicyclic) bond motifs is 1. The Balaban J connectivity index is 1.37. The highest BCUT2D eigenvalue weighted by molar-refractivity contribution is 8.03. The number of nitrogens with two attached hydrogens (primary N) is 2. The van der Waals surface area contributed by atoms with Gasteiger partial charge in [-0.15, -0.1) is 11.8 Å². The van der Waals surface area contributed by atoms with Crippen LogP contribution in [0.1, 0.15) is 26.7 Å². The molecule has 3 saturated heterocycles. The van der Waals surface area contributed by atoms with E-state index in [0.29, 0.717) is 37.4 Å². The number of aliphatic hydroxyl groups is 1. The predicted octanol–water partition coefficient (Wildman–Crippen LogP) is -2.06. The molecule has 3 amide bonds. The van der Waals surface area contributed by atoms with Crippen molar-refractivity contribution in [2.24, 2.45) is 28.3 Å². The molecule has 0 bridgehead atoms. The van der Waals surface area contributed by atoms with Crippen molar-refractivity contribution in [3.8, 4) is 0 Å². The normalized spacial score (nSPS) is 32.3.